The number of amides is 1. The van der Waals surface area contributed by atoms with E-state index < -0.39 is 30.7 Å². The zero-order valence-corrected chi connectivity index (χ0v) is 9.66. The summed E-state index contributed by atoms with van der Waals surface area (Å²) in [5, 5.41) is 12.6. The fraction of sp³-hybridized carbons (Fsp3) is 0.750. The molecule has 11 heteroatoms. The minimum absolute atomic E-state index is 0.196. The number of nitrogens with zero attached hydrogens (tertiary/aromatic N) is 2. The number of carbonyl (C=O) groups excluding carboxylic acids is 1. The molecule has 1 rings (SSSR count). The quantitative estimate of drug-likeness (QED) is 0.786. The van der Waals surface area contributed by atoms with Crippen LogP contribution in [0.1, 0.15) is 13.3 Å². The van der Waals surface area contributed by atoms with Crippen LogP contribution in [0.15, 0.2) is 5.10 Å². The van der Waals surface area contributed by atoms with Gasteiger partial charge in [0.2, 0.25) is 0 Å². The SMILES string of the molecule is COC(=O)N1N=C(C)C[C@]1(O)C(F)(F)OC(F)(F)F. The van der Waals surface area contributed by atoms with E-state index in [0.29, 0.717) is 0 Å². The van der Waals surface area contributed by atoms with Crippen LogP contribution >= 0.6 is 0 Å². The maximum Gasteiger partial charge on any atom is 0.527 e. The number of rotatable bonds is 2. The zero-order chi connectivity index (χ0) is 15.1. The van der Waals surface area contributed by atoms with Gasteiger partial charge in [0.25, 0.3) is 5.72 Å². The first-order valence-corrected chi connectivity index (χ1v) is 4.72. The Hall–Kier alpha value is -1.49. The molecular weight excluding hydrogens is 283 g/mol. The van der Waals surface area contributed by atoms with Crippen LogP contribution in [0.5, 0.6) is 0 Å². The smallest absolute Gasteiger partial charge is 0.451 e. The lowest BCUT2D eigenvalue weighted by Crippen LogP contribution is -2.61. The predicted molar refractivity (Wildman–Crippen MR) is 49.0 cm³/mol. The summed E-state index contributed by atoms with van der Waals surface area (Å²) in [5.74, 6) is 0. The highest BCUT2D eigenvalue weighted by Gasteiger charge is 2.67. The van der Waals surface area contributed by atoms with Crippen molar-refractivity contribution >= 4 is 11.8 Å². The van der Waals surface area contributed by atoms with E-state index >= 15 is 0 Å². The third kappa shape index (κ3) is 2.92. The Labute approximate surface area is 103 Å². The number of hydrazone groups is 1. The van der Waals surface area contributed by atoms with E-state index in [4.69, 9.17) is 0 Å². The maximum atomic E-state index is 13.4. The van der Waals surface area contributed by atoms with E-state index in [-0.39, 0.29) is 10.7 Å². The minimum Gasteiger partial charge on any atom is -0.451 e. The zero-order valence-electron chi connectivity index (χ0n) is 9.66. The Bertz CT molecular complexity index is 410. The fourth-order valence-corrected chi connectivity index (χ4v) is 1.45. The number of carbonyl (C=O) groups is 1. The third-order valence-corrected chi connectivity index (χ3v) is 2.18. The number of hydrogen-bond acceptors (Lipinski definition) is 5. The summed E-state index contributed by atoms with van der Waals surface area (Å²) in [6.07, 6.45) is -13.4. The number of aliphatic hydroxyl groups is 1. The lowest BCUT2D eigenvalue weighted by molar-refractivity contribution is -0.469. The van der Waals surface area contributed by atoms with Crippen molar-refractivity contribution in [1.82, 2.24) is 5.01 Å². The molecule has 0 spiro atoms. The molecule has 0 saturated carbocycles. The van der Waals surface area contributed by atoms with Crippen LogP contribution in [0, 0.1) is 0 Å². The second-order valence-corrected chi connectivity index (χ2v) is 3.68. The highest BCUT2D eigenvalue weighted by Crippen LogP contribution is 2.43. The molecular formula is C8H9F5N2O4. The van der Waals surface area contributed by atoms with Gasteiger partial charge in [-0.3, -0.25) is 0 Å². The van der Waals surface area contributed by atoms with Gasteiger partial charge < -0.3 is 9.84 Å². The number of methoxy groups -OCH3 is 1. The fourth-order valence-electron chi connectivity index (χ4n) is 1.45. The lowest BCUT2D eigenvalue weighted by atomic mass is 10.1. The Kier molecular flexibility index (Phi) is 3.74. The minimum atomic E-state index is -5.71. The van der Waals surface area contributed by atoms with Gasteiger partial charge in [-0.05, 0) is 6.92 Å². The van der Waals surface area contributed by atoms with Crippen molar-refractivity contribution in [2.45, 2.75) is 31.5 Å². The van der Waals surface area contributed by atoms with Gasteiger partial charge in [-0.1, -0.05) is 0 Å². The molecule has 1 heterocycles. The number of alkyl halides is 5. The van der Waals surface area contributed by atoms with Crippen molar-refractivity contribution in [1.29, 1.82) is 0 Å². The average Bonchev–Trinajstić information content (AvgIpc) is 2.51. The largest absolute Gasteiger partial charge is 0.527 e. The molecule has 19 heavy (non-hydrogen) atoms. The van der Waals surface area contributed by atoms with Crippen molar-refractivity contribution in [3.8, 4) is 0 Å². The molecule has 0 aromatic heterocycles. The molecule has 0 bridgehead atoms. The topological polar surface area (TPSA) is 71.4 Å². The van der Waals surface area contributed by atoms with Gasteiger partial charge in [0.1, 0.15) is 0 Å². The first-order valence-electron chi connectivity index (χ1n) is 4.72. The molecule has 1 aliphatic rings. The first-order chi connectivity index (χ1) is 8.43. The summed E-state index contributed by atoms with van der Waals surface area (Å²) >= 11 is 0. The lowest BCUT2D eigenvalue weighted by Gasteiger charge is -2.35. The van der Waals surface area contributed by atoms with Gasteiger partial charge in [-0.2, -0.15) is 18.9 Å². The molecule has 0 fully saturated rings. The Morgan fingerprint density at radius 1 is 1.42 bits per heavy atom. The normalized spacial score (nSPS) is 24.4. The molecule has 1 aliphatic heterocycles. The van der Waals surface area contributed by atoms with Crippen molar-refractivity contribution in [3.63, 3.8) is 0 Å². The Morgan fingerprint density at radius 2 is 1.95 bits per heavy atom. The molecule has 1 N–H and O–H groups in total. The highest BCUT2D eigenvalue weighted by atomic mass is 19.4. The van der Waals surface area contributed by atoms with Crippen LogP contribution in [-0.4, -0.2) is 47.2 Å². The monoisotopic (exact) mass is 292 g/mol. The number of hydrogen-bond donors (Lipinski definition) is 1. The molecule has 0 saturated heterocycles. The van der Waals surface area contributed by atoms with Gasteiger partial charge >= 0.3 is 18.6 Å². The van der Waals surface area contributed by atoms with Gasteiger partial charge in [-0.15, -0.1) is 13.2 Å². The van der Waals surface area contributed by atoms with E-state index in [1.807, 2.05) is 0 Å². The molecule has 110 valence electrons. The van der Waals surface area contributed by atoms with Crippen LogP contribution < -0.4 is 0 Å². The standard InChI is InChI=1S/C8H9F5N2O4/c1-4-3-6(17,15(14-4)5(16)18-2)7(9,10)19-8(11,12)13/h17H,3H2,1-2H3/t6-/m0/s1. The second kappa shape index (κ2) is 4.56. The van der Waals surface area contributed by atoms with E-state index in [1.54, 1.807) is 0 Å². The number of halogens is 5. The van der Waals surface area contributed by atoms with E-state index in [9.17, 15) is 31.9 Å². The van der Waals surface area contributed by atoms with Crippen molar-refractivity contribution in [2.75, 3.05) is 7.11 Å². The van der Waals surface area contributed by atoms with E-state index in [1.165, 1.54) is 0 Å². The van der Waals surface area contributed by atoms with Crippen LogP contribution in [0.3, 0.4) is 0 Å². The first kappa shape index (κ1) is 15.6. The average molecular weight is 292 g/mol. The summed E-state index contributed by atoms with van der Waals surface area (Å²) in [5.41, 5.74) is -3.81. The van der Waals surface area contributed by atoms with Crippen molar-refractivity contribution in [2.24, 2.45) is 5.10 Å². The summed E-state index contributed by atoms with van der Waals surface area (Å²) in [6, 6.07) is 0. The number of ether oxygens (including phenoxy) is 2. The molecule has 0 radical (unpaired) electrons. The van der Waals surface area contributed by atoms with E-state index in [2.05, 4.69) is 14.6 Å². The van der Waals surface area contributed by atoms with Gasteiger partial charge in [-0.25, -0.2) is 9.53 Å². The second-order valence-electron chi connectivity index (χ2n) is 3.68. The van der Waals surface area contributed by atoms with Crippen molar-refractivity contribution in [3.05, 3.63) is 0 Å². The van der Waals surface area contributed by atoms with E-state index in [0.717, 1.165) is 14.0 Å². The Morgan fingerprint density at radius 3 is 2.37 bits per heavy atom. The summed E-state index contributed by atoms with van der Waals surface area (Å²) in [6.45, 7) is 1.14. The Balaban J connectivity index is 3.11. The summed E-state index contributed by atoms with van der Waals surface area (Å²) < 4.78 is 69.1. The predicted octanol–water partition coefficient (Wildman–Crippen LogP) is 1.65. The van der Waals surface area contributed by atoms with Crippen LogP contribution in [0.2, 0.25) is 0 Å². The van der Waals surface area contributed by atoms with Crippen LogP contribution in [-0.2, 0) is 9.47 Å². The molecule has 1 atom stereocenters. The molecule has 0 unspecified atom stereocenters. The van der Waals surface area contributed by atoms with Gasteiger partial charge in [0.15, 0.2) is 0 Å². The van der Waals surface area contributed by atoms with Crippen molar-refractivity contribution < 1.29 is 41.3 Å². The molecule has 0 aliphatic carbocycles. The highest BCUT2D eigenvalue weighted by molar-refractivity contribution is 5.87. The molecule has 0 aromatic carbocycles. The van der Waals surface area contributed by atoms with Gasteiger partial charge in [0, 0.05) is 12.1 Å². The van der Waals surface area contributed by atoms with Gasteiger partial charge in [0.05, 0.1) is 7.11 Å². The van der Waals surface area contributed by atoms with Crippen LogP contribution in [0.25, 0.3) is 0 Å². The molecule has 1 amide bonds. The third-order valence-electron chi connectivity index (χ3n) is 2.18. The van der Waals surface area contributed by atoms with Crippen LogP contribution in [0.4, 0.5) is 26.7 Å². The summed E-state index contributed by atoms with van der Waals surface area (Å²) in [4.78, 5) is 11.2. The summed E-state index contributed by atoms with van der Waals surface area (Å²) in [7, 11) is 0.786. The molecule has 0 aromatic rings. The maximum absolute atomic E-state index is 13.4. The molecule has 6 nitrogen and oxygen atoms in total.